The summed E-state index contributed by atoms with van der Waals surface area (Å²) < 4.78 is 12.6. The van der Waals surface area contributed by atoms with Crippen molar-refractivity contribution in [3.05, 3.63) is 66.3 Å². The predicted molar refractivity (Wildman–Crippen MR) is 141 cm³/mol. The van der Waals surface area contributed by atoms with Crippen molar-refractivity contribution in [2.75, 3.05) is 34.9 Å². The third-order valence-corrected chi connectivity index (χ3v) is 5.99. The van der Waals surface area contributed by atoms with Crippen molar-refractivity contribution in [1.29, 1.82) is 0 Å². The SMILES string of the molecule is COc1ccc([C@@H](C)NC(=O)/C=C/c2c[nH]c3ncc(-c4cnn(CCN(C)C)c4)cc23)cc1OC. The highest BCUT2D eigenvalue weighted by atomic mass is 16.5. The number of carbonyl (C=O) groups excluding carboxylic acids is 1. The molecule has 0 spiro atoms. The maximum atomic E-state index is 12.6. The molecule has 1 atom stereocenters. The van der Waals surface area contributed by atoms with Crippen molar-refractivity contribution in [3.8, 4) is 22.6 Å². The normalized spacial score (nSPS) is 12.4. The van der Waals surface area contributed by atoms with Gasteiger partial charge in [0.15, 0.2) is 11.5 Å². The molecule has 0 radical (unpaired) electrons. The fourth-order valence-electron chi connectivity index (χ4n) is 3.89. The number of likely N-dealkylation sites (N-methyl/N-ethyl adjacent to an activating group) is 1. The molecular weight excluding hydrogens is 456 g/mol. The first-order chi connectivity index (χ1) is 17.4. The fraction of sp³-hybridized carbons (Fsp3) is 0.296. The van der Waals surface area contributed by atoms with E-state index in [4.69, 9.17) is 9.47 Å². The van der Waals surface area contributed by atoms with Gasteiger partial charge in [0.2, 0.25) is 5.91 Å². The van der Waals surface area contributed by atoms with Crippen LogP contribution in [0.1, 0.15) is 24.1 Å². The molecule has 0 aliphatic carbocycles. The minimum absolute atomic E-state index is 0.196. The van der Waals surface area contributed by atoms with Crippen molar-refractivity contribution in [2.45, 2.75) is 19.5 Å². The van der Waals surface area contributed by atoms with Gasteiger partial charge in [-0.3, -0.25) is 9.48 Å². The Balaban J connectivity index is 1.46. The molecular formula is C27H32N6O3. The molecule has 9 nitrogen and oxygen atoms in total. The fourth-order valence-corrected chi connectivity index (χ4v) is 3.89. The molecule has 4 aromatic rings. The maximum absolute atomic E-state index is 12.6. The Labute approximate surface area is 210 Å². The van der Waals surface area contributed by atoms with Crippen LogP contribution in [0, 0.1) is 0 Å². The molecule has 3 aromatic heterocycles. The van der Waals surface area contributed by atoms with E-state index in [1.165, 1.54) is 6.08 Å². The number of carbonyl (C=O) groups is 1. The Morgan fingerprint density at radius 2 is 1.97 bits per heavy atom. The van der Waals surface area contributed by atoms with Crippen molar-refractivity contribution >= 4 is 23.0 Å². The molecule has 36 heavy (non-hydrogen) atoms. The molecule has 2 N–H and O–H groups in total. The van der Waals surface area contributed by atoms with E-state index >= 15 is 0 Å². The molecule has 1 aromatic carbocycles. The van der Waals surface area contributed by atoms with Crippen LogP contribution in [0.25, 0.3) is 28.2 Å². The van der Waals surface area contributed by atoms with Gasteiger partial charge in [-0.2, -0.15) is 5.10 Å². The molecule has 4 rings (SSSR count). The number of H-pyrrole nitrogens is 1. The molecule has 0 aliphatic heterocycles. The van der Waals surface area contributed by atoms with Gasteiger partial charge in [0.25, 0.3) is 0 Å². The molecule has 0 bridgehead atoms. The van der Waals surface area contributed by atoms with Gasteiger partial charge >= 0.3 is 0 Å². The van der Waals surface area contributed by atoms with E-state index in [9.17, 15) is 4.79 Å². The summed E-state index contributed by atoms with van der Waals surface area (Å²) in [5.74, 6) is 1.07. The lowest BCUT2D eigenvalue weighted by molar-refractivity contribution is -0.117. The van der Waals surface area contributed by atoms with E-state index in [-0.39, 0.29) is 11.9 Å². The standard InChI is InChI=1S/C27H32N6O3/c1-18(19-6-8-24(35-4)25(13-19)36-5)31-26(34)9-7-20-14-28-27-23(20)12-21(15-29-27)22-16-30-33(17-22)11-10-32(2)3/h6-9,12-18H,10-11H2,1-5H3,(H,28,29)(H,31,34)/b9-7+/t18-/m1/s1. The van der Waals surface area contributed by atoms with Gasteiger partial charge in [-0.25, -0.2) is 4.98 Å². The van der Waals surface area contributed by atoms with Gasteiger partial charge in [-0.15, -0.1) is 0 Å². The summed E-state index contributed by atoms with van der Waals surface area (Å²) in [5.41, 5.74) is 4.53. The number of pyridine rings is 1. The molecule has 188 valence electrons. The highest BCUT2D eigenvalue weighted by Gasteiger charge is 2.12. The Hall–Kier alpha value is -4.11. The number of hydrogen-bond acceptors (Lipinski definition) is 6. The predicted octanol–water partition coefficient (Wildman–Crippen LogP) is 3.90. The summed E-state index contributed by atoms with van der Waals surface area (Å²) in [6.07, 6.45) is 10.9. The topological polar surface area (TPSA) is 97.3 Å². The van der Waals surface area contributed by atoms with Gasteiger partial charge < -0.3 is 24.7 Å². The van der Waals surface area contributed by atoms with Crippen LogP contribution >= 0.6 is 0 Å². The lowest BCUT2D eigenvalue weighted by atomic mass is 10.1. The summed E-state index contributed by atoms with van der Waals surface area (Å²) in [4.78, 5) is 22.5. The zero-order chi connectivity index (χ0) is 25.7. The molecule has 0 saturated carbocycles. The van der Waals surface area contributed by atoms with Crippen LogP contribution in [-0.2, 0) is 11.3 Å². The average Bonchev–Trinajstić information content (AvgIpc) is 3.52. The minimum atomic E-state index is -0.206. The minimum Gasteiger partial charge on any atom is -0.493 e. The van der Waals surface area contributed by atoms with Gasteiger partial charge in [-0.05, 0) is 50.9 Å². The second-order valence-corrected chi connectivity index (χ2v) is 8.84. The first-order valence-electron chi connectivity index (χ1n) is 11.7. The average molecular weight is 489 g/mol. The molecule has 0 fully saturated rings. The Morgan fingerprint density at radius 3 is 2.72 bits per heavy atom. The van der Waals surface area contributed by atoms with Crippen molar-refractivity contribution in [2.24, 2.45) is 0 Å². The van der Waals surface area contributed by atoms with Crippen LogP contribution in [0.15, 0.2) is 55.1 Å². The van der Waals surface area contributed by atoms with Crippen LogP contribution in [-0.4, -0.2) is 65.4 Å². The first kappa shape index (κ1) is 25.0. The quantitative estimate of drug-likeness (QED) is 0.329. The van der Waals surface area contributed by atoms with Crippen molar-refractivity contribution in [1.82, 2.24) is 30.0 Å². The number of ether oxygens (including phenoxy) is 2. The number of methoxy groups -OCH3 is 2. The molecule has 0 saturated heterocycles. The number of aromatic nitrogens is 4. The number of nitrogens with zero attached hydrogens (tertiary/aromatic N) is 4. The lowest BCUT2D eigenvalue weighted by Gasteiger charge is -2.15. The van der Waals surface area contributed by atoms with E-state index in [2.05, 4.69) is 31.3 Å². The van der Waals surface area contributed by atoms with Crippen molar-refractivity contribution < 1.29 is 14.3 Å². The van der Waals surface area contributed by atoms with Crippen LogP contribution in [0.2, 0.25) is 0 Å². The molecule has 0 unspecified atom stereocenters. The van der Waals surface area contributed by atoms with E-state index in [1.807, 2.05) is 68.7 Å². The summed E-state index contributed by atoms with van der Waals surface area (Å²) in [7, 11) is 7.27. The largest absolute Gasteiger partial charge is 0.493 e. The molecule has 9 heteroatoms. The smallest absolute Gasteiger partial charge is 0.244 e. The number of amides is 1. The van der Waals surface area contributed by atoms with Gasteiger partial charge in [0.05, 0.1) is 33.0 Å². The third-order valence-electron chi connectivity index (χ3n) is 5.99. The molecule has 0 aliphatic rings. The number of rotatable bonds is 10. The van der Waals surface area contributed by atoms with E-state index < -0.39 is 0 Å². The van der Waals surface area contributed by atoms with E-state index in [0.717, 1.165) is 46.4 Å². The summed E-state index contributed by atoms with van der Waals surface area (Å²) in [6, 6.07) is 7.46. The van der Waals surface area contributed by atoms with Crippen LogP contribution in [0.3, 0.4) is 0 Å². The monoisotopic (exact) mass is 488 g/mol. The van der Waals surface area contributed by atoms with E-state index in [0.29, 0.717) is 11.5 Å². The molecule has 3 heterocycles. The Kier molecular flexibility index (Phi) is 7.70. The van der Waals surface area contributed by atoms with Gasteiger partial charge in [0.1, 0.15) is 5.65 Å². The number of hydrogen-bond donors (Lipinski definition) is 2. The number of fused-ring (bicyclic) bond motifs is 1. The zero-order valence-electron chi connectivity index (χ0n) is 21.3. The lowest BCUT2D eigenvalue weighted by Crippen LogP contribution is -2.24. The number of benzene rings is 1. The van der Waals surface area contributed by atoms with Crippen LogP contribution in [0.4, 0.5) is 0 Å². The molecule has 1 amide bonds. The van der Waals surface area contributed by atoms with Crippen LogP contribution in [0.5, 0.6) is 11.5 Å². The highest BCUT2D eigenvalue weighted by molar-refractivity contribution is 5.96. The second-order valence-electron chi connectivity index (χ2n) is 8.84. The van der Waals surface area contributed by atoms with E-state index in [1.54, 1.807) is 20.3 Å². The second kappa shape index (κ2) is 11.1. The highest BCUT2D eigenvalue weighted by Crippen LogP contribution is 2.30. The number of aromatic amines is 1. The Bertz CT molecular complexity index is 1370. The third kappa shape index (κ3) is 5.75. The van der Waals surface area contributed by atoms with Crippen LogP contribution < -0.4 is 14.8 Å². The number of nitrogens with one attached hydrogen (secondary N) is 2. The summed E-state index contributed by atoms with van der Waals surface area (Å²) >= 11 is 0. The maximum Gasteiger partial charge on any atom is 0.244 e. The first-order valence-corrected chi connectivity index (χ1v) is 11.7. The summed E-state index contributed by atoms with van der Waals surface area (Å²) in [5, 5.41) is 8.39. The Morgan fingerprint density at radius 1 is 1.17 bits per heavy atom. The van der Waals surface area contributed by atoms with Gasteiger partial charge in [-0.1, -0.05) is 6.07 Å². The zero-order valence-corrected chi connectivity index (χ0v) is 21.3. The van der Waals surface area contributed by atoms with Crippen molar-refractivity contribution in [3.63, 3.8) is 0 Å². The summed E-state index contributed by atoms with van der Waals surface area (Å²) in [6.45, 7) is 3.66. The van der Waals surface area contributed by atoms with Gasteiger partial charge in [0, 0.05) is 53.3 Å².